The number of nitrogens with one attached hydrogen (secondary N) is 1. The first kappa shape index (κ1) is 17.3. The van der Waals surface area contributed by atoms with Crippen molar-refractivity contribution in [3.05, 3.63) is 35.9 Å². The second-order valence-corrected chi connectivity index (χ2v) is 8.43. The van der Waals surface area contributed by atoms with Gasteiger partial charge in [-0.2, -0.15) is 0 Å². The molecule has 0 aromatic heterocycles. The molecule has 2 atom stereocenters. The Balaban J connectivity index is 1.68. The van der Waals surface area contributed by atoms with E-state index in [0.29, 0.717) is 6.04 Å². The number of likely N-dealkylation sites (tertiary alicyclic amines) is 1. The van der Waals surface area contributed by atoms with Crippen molar-refractivity contribution in [3.8, 4) is 0 Å². The number of alkyl carbamates (subject to hydrolysis) is 1. The number of carbonyl (C=O) groups excluding carboxylic acids is 1. The monoisotopic (exact) mass is 330 g/mol. The third kappa shape index (κ3) is 3.59. The van der Waals surface area contributed by atoms with Crippen molar-refractivity contribution in [1.29, 1.82) is 0 Å². The Kier molecular flexibility index (Phi) is 4.60. The van der Waals surface area contributed by atoms with Crippen molar-refractivity contribution in [2.45, 2.75) is 64.6 Å². The molecule has 1 N–H and O–H groups in total. The van der Waals surface area contributed by atoms with E-state index in [0.717, 1.165) is 13.1 Å². The average Bonchev–Trinajstić information content (AvgIpc) is 2.85. The van der Waals surface area contributed by atoms with Crippen molar-refractivity contribution < 1.29 is 9.53 Å². The quantitative estimate of drug-likeness (QED) is 0.906. The molecule has 4 nitrogen and oxygen atoms in total. The van der Waals surface area contributed by atoms with Crippen LogP contribution in [-0.4, -0.2) is 35.7 Å². The molecule has 1 aliphatic carbocycles. The van der Waals surface area contributed by atoms with Crippen LogP contribution in [0.1, 0.15) is 58.6 Å². The molecule has 1 aromatic rings. The van der Waals surface area contributed by atoms with Gasteiger partial charge in [0.15, 0.2) is 0 Å². The van der Waals surface area contributed by atoms with Gasteiger partial charge in [-0.25, -0.2) is 4.79 Å². The van der Waals surface area contributed by atoms with Crippen LogP contribution in [0, 0.1) is 5.41 Å². The topological polar surface area (TPSA) is 41.6 Å². The van der Waals surface area contributed by atoms with E-state index in [2.05, 4.69) is 47.5 Å². The molecule has 132 valence electrons. The number of benzene rings is 1. The molecular formula is C20H30N2O2. The standard InChI is InChI=1S/C20H30N2O2/c1-15(16-9-6-5-7-10-16)22-13-17(20(14-22)11-8-12-20)21-18(23)24-19(2,3)4/h5-7,9-10,15,17H,8,11-14H2,1-4H3,(H,21,23)/t15-,17-/m1/s1. The summed E-state index contributed by atoms with van der Waals surface area (Å²) < 4.78 is 5.47. The Labute approximate surface area is 145 Å². The number of hydrogen-bond donors (Lipinski definition) is 1. The zero-order valence-corrected chi connectivity index (χ0v) is 15.3. The van der Waals surface area contributed by atoms with Crippen molar-refractivity contribution in [3.63, 3.8) is 0 Å². The summed E-state index contributed by atoms with van der Waals surface area (Å²) in [5, 5.41) is 3.16. The van der Waals surface area contributed by atoms with Gasteiger partial charge in [0, 0.05) is 24.5 Å². The molecule has 1 aromatic carbocycles. The number of nitrogens with zero attached hydrogens (tertiary/aromatic N) is 1. The summed E-state index contributed by atoms with van der Waals surface area (Å²) in [6, 6.07) is 11.2. The molecule has 1 heterocycles. The van der Waals surface area contributed by atoms with Gasteiger partial charge in [-0.05, 0) is 46.1 Å². The van der Waals surface area contributed by atoms with E-state index in [4.69, 9.17) is 4.74 Å². The van der Waals surface area contributed by atoms with Crippen molar-refractivity contribution in [1.82, 2.24) is 10.2 Å². The number of rotatable bonds is 3. The smallest absolute Gasteiger partial charge is 0.407 e. The summed E-state index contributed by atoms with van der Waals surface area (Å²) in [7, 11) is 0. The van der Waals surface area contributed by atoms with Gasteiger partial charge in [0.2, 0.25) is 0 Å². The minimum Gasteiger partial charge on any atom is -0.444 e. The predicted octanol–water partition coefficient (Wildman–Crippen LogP) is 4.13. The Morgan fingerprint density at radius 3 is 2.50 bits per heavy atom. The Hall–Kier alpha value is -1.55. The first-order valence-corrected chi connectivity index (χ1v) is 9.08. The van der Waals surface area contributed by atoms with Gasteiger partial charge >= 0.3 is 6.09 Å². The van der Waals surface area contributed by atoms with Crippen LogP contribution in [-0.2, 0) is 4.74 Å². The Morgan fingerprint density at radius 1 is 1.29 bits per heavy atom. The molecule has 1 spiro atoms. The lowest BCUT2D eigenvalue weighted by molar-refractivity contribution is 0.0402. The van der Waals surface area contributed by atoms with Crippen molar-refractivity contribution >= 4 is 6.09 Å². The minimum absolute atomic E-state index is 0.187. The first-order valence-electron chi connectivity index (χ1n) is 9.08. The summed E-state index contributed by atoms with van der Waals surface area (Å²) in [6.07, 6.45) is 3.38. The maximum atomic E-state index is 12.2. The SMILES string of the molecule is C[C@H](c1ccccc1)N1C[C@@H](NC(=O)OC(C)(C)C)C2(CCC2)C1. The maximum absolute atomic E-state index is 12.2. The fraction of sp³-hybridized carbons (Fsp3) is 0.650. The van der Waals surface area contributed by atoms with Gasteiger partial charge in [0.25, 0.3) is 0 Å². The Bertz CT molecular complexity index is 575. The fourth-order valence-electron chi connectivity index (χ4n) is 4.03. The zero-order valence-electron chi connectivity index (χ0n) is 15.3. The number of amides is 1. The van der Waals surface area contributed by atoms with Crippen molar-refractivity contribution in [2.24, 2.45) is 5.41 Å². The minimum atomic E-state index is -0.452. The second-order valence-electron chi connectivity index (χ2n) is 8.43. The van der Waals surface area contributed by atoms with Gasteiger partial charge in [0.1, 0.15) is 5.60 Å². The third-order valence-corrected chi connectivity index (χ3v) is 5.54. The van der Waals surface area contributed by atoms with E-state index in [1.807, 2.05) is 20.8 Å². The Morgan fingerprint density at radius 2 is 1.96 bits per heavy atom. The van der Waals surface area contributed by atoms with E-state index in [9.17, 15) is 4.79 Å². The summed E-state index contributed by atoms with van der Waals surface area (Å²) in [4.78, 5) is 14.7. The van der Waals surface area contributed by atoms with Crippen LogP contribution in [0.15, 0.2) is 30.3 Å². The lowest BCUT2D eigenvalue weighted by atomic mass is 9.65. The summed E-state index contributed by atoms with van der Waals surface area (Å²) in [5.41, 5.74) is 1.12. The van der Waals surface area contributed by atoms with E-state index in [-0.39, 0.29) is 17.6 Å². The molecule has 0 unspecified atom stereocenters. The van der Waals surface area contributed by atoms with Crippen LogP contribution in [0.25, 0.3) is 0 Å². The van der Waals surface area contributed by atoms with Gasteiger partial charge in [-0.1, -0.05) is 36.8 Å². The predicted molar refractivity (Wildman–Crippen MR) is 95.9 cm³/mol. The maximum Gasteiger partial charge on any atom is 0.407 e. The van der Waals surface area contributed by atoms with Crippen LogP contribution in [0.5, 0.6) is 0 Å². The first-order chi connectivity index (χ1) is 11.3. The number of ether oxygens (including phenoxy) is 1. The molecular weight excluding hydrogens is 300 g/mol. The van der Waals surface area contributed by atoms with Crippen LogP contribution >= 0.6 is 0 Å². The third-order valence-electron chi connectivity index (χ3n) is 5.54. The highest BCUT2D eigenvalue weighted by Gasteiger charge is 2.52. The van der Waals surface area contributed by atoms with Gasteiger partial charge in [-0.15, -0.1) is 0 Å². The van der Waals surface area contributed by atoms with E-state index in [1.54, 1.807) is 0 Å². The molecule has 2 aliphatic rings. The number of carbonyl (C=O) groups is 1. The van der Waals surface area contributed by atoms with Gasteiger partial charge < -0.3 is 10.1 Å². The summed E-state index contributed by atoms with van der Waals surface area (Å²) in [5.74, 6) is 0. The molecule has 2 fully saturated rings. The van der Waals surface area contributed by atoms with E-state index in [1.165, 1.54) is 24.8 Å². The number of hydrogen-bond acceptors (Lipinski definition) is 3. The highest BCUT2D eigenvalue weighted by atomic mass is 16.6. The van der Waals surface area contributed by atoms with Crippen molar-refractivity contribution in [2.75, 3.05) is 13.1 Å². The lowest BCUT2D eigenvalue weighted by Gasteiger charge is -2.43. The molecule has 1 amide bonds. The molecule has 24 heavy (non-hydrogen) atoms. The summed E-state index contributed by atoms with van der Waals surface area (Å²) in [6.45, 7) is 9.94. The van der Waals surface area contributed by atoms with E-state index >= 15 is 0 Å². The van der Waals surface area contributed by atoms with Crippen LogP contribution in [0.3, 0.4) is 0 Å². The normalized spacial score (nSPS) is 24.4. The highest BCUT2D eigenvalue weighted by molar-refractivity contribution is 5.68. The second kappa shape index (κ2) is 6.40. The highest BCUT2D eigenvalue weighted by Crippen LogP contribution is 2.49. The molecule has 0 bridgehead atoms. The molecule has 3 rings (SSSR count). The lowest BCUT2D eigenvalue weighted by Crippen LogP contribution is -2.51. The van der Waals surface area contributed by atoms with Crippen LogP contribution < -0.4 is 5.32 Å². The summed E-state index contributed by atoms with van der Waals surface area (Å²) >= 11 is 0. The largest absolute Gasteiger partial charge is 0.444 e. The molecule has 0 radical (unpaired) electrons. The molecule has 1 aliphatic heterocycles. The van der Waals surface area contributed by atoms with Gasteiger partial charge in [0.05, 0.1) is 6.04 Å². The fourth-order valence-corrected chi connectivity index (χ4v) is 4.03. The molecule has 1 saturated carbocycles. The van der Waals surface area contributed by atoms with Crippen LogP contribution in [0.2, 0.25) is 0 Å². The van der Waals surface area contributed by atoms with E-state index < -0.39 is 5.60 Å². The zero-order chi connectivity index (χ0) is 17.4. The average molecular weight is 330 g/mol. The molecule has 4 heteroatoms. The van der Waals surface area contributed by atoms with Crippen LogP contribution in [0.4, 0.5) is 4.79 Å². The van der Waals surface area contributed by atoms with Gasteiger partial charge in [-0.3, -0.25) is 4.90 Å². The molecule has 1 saturated heterocycles.